The smallest absolute Gasteiger partial charge is 0.291 e. The van der Waals surface area contributed by atoms with E-state index in [1.54, 1.807) is 17.5 Å². The van der Waals surface area contributed by atoms with Crippen LogP contribution < -0.4 is 16.2 Å². The van der Waals surface area contributed by atoms with E-state index in [4.69, 9.17) is 10.7 Å². The van der Waals surface area contributed by atoms with Gasteiger partial charge in [-0.15, -0.1) is 11.3 Å². The number of nitrogens with two attached hydrogens (primary N) is 1. The summed E-state index contributed by atoms with van der Waals surface area (Å²) in [6.07, 6.45) is 1.75. The van der Waals surface area contributed by atoms with Gasteiger partial charge in [-0.3, -0.25) is 4.79 Å². The van der Waals surface area contributed by atoms with Crippen LogP contribution in [0.15, 0.2) is 29.2 Å². The van der Waals surface area contributed by atoms with Crippen LogP contribution in [-0.2, 0) is 20.1 Å². The molecule has 0 aliphatic heterocycles. The molecule has 8 nitrogen and oxygen atoms in total. The van der Waals surface area contributed by atoms with Crippen LogP contribution in [-0.4, -0.2) is 38.4 Å². The fourth-order valence-electron chi connectivity index (χ4n) is 3.51. The van der Waals surface area contributed by atoms with Crippen molar-refractivity contribution in [2.75, 3.05) is 19.0 Å². The molecule has 5 aromatic rings. The summed E-state index contributed by atoms with van der Waals surface area (Å²) >= 11 is 3.15. The van der Waals surface area contributed by atoms with Gasteiger partial charge in [0.15, 0.2) is 10.8 Å². The Balaban J connectivity index is 1.65. The number of nitrogens with zero attached hydrogens (tertiary/aromatic N) is 6. The number of thiazole rings is 2. The van der Waals surface area contributed by atoms with Gasteiger partial charge in [-0.2, -0.15) is 5.10 Å². The van der Waals surface area contributed by atoms with Gasteiger partial charge in [0.25, 0.3) is 5.56 Å². The van der Waals surface area contributed by atoms with Crippen LogP contribution in [0.4, 0.5) is 5.13 Å². The molecule has 29 heavy (non-hydrogen) atoms. The predicted octanol–water partition coefficient (Wildman–Crippen LogP) is 2.53. The third-order valence-electron chi connectivity index (χ3n) is 4.94. The van der Waals surface area contributed by atoms with Crippen molar-refractivity contribution in [3.63, 3.8) is 0 Å². The lowest BCUT2D eigenvalue weighted by Crippen LogP contribution is -2.24. The highest BCUT2D eigenvalue weighted by molar-refractivity contribution is 7.22. The van der Waals surface area contributed by atoms with Crippen LogP contribution >= 0.6 is 22.7 Å². The highest BCUT2D eigenvalue weighted by Crippen LogP contribution is 2.31. The average Bonchev–Trinajstić information content (AvgIpc) is 3.38. The van der Waals surface area contributed by atoms with Gasteiger partial charge in [-0.25, -0.2) is 14.6 Å². The minimum absolute atomic E-state index is 0.135. The second-order valence-corrected chi connectivity index (χ2v) is 9.14. The summed E-state index contributed by atoms with van der Waals surface area (Å²) in [5, 5.41) is 7.06. The number of benzene rings is 1. The van der Waals surface area contributed by atoms with Crippen LogP contribution in [0.3, 0.4) is 0 Å². The number of hydrogen-bond acceptors (Lipinski definition) is 8. The molecule has 0 radical (unpaired) electrons. The molecule has 0 bridgehead atoms. The van der Waals surface area contributed by atoms with Gasteiger partial charge in [-0.05, 0) is 6.07 Å². The van der Waals surface area contributed by atoms with E-state index in [1.165, 1.54) is 16.0 Å². The first-order valence-corrected chi connectivity index (χ1v) is 10.7. The van der Waals surface area contributed by atoms with E-state index in [0.29, 0.717) is 18.6 Å². The molecule has 0 spiro atoms. The van der Waals surface area contributed by atoms with Crippen molar-refractivity contribution in [1.29, 1.82) is 0 Å². The van der Waals surface area contributed by atoms with Crippen molar-refractivity contribution in [3.05, 3.63) is 45.3 Å². The van der Waals surface area contributed by atoms with Crippen molar-refractivity contribution >= 4 is 59.3 Å². The van der Waals surface area contributed by atoms with Crippen LogP contribution in [0.2, 0.25) is 0 Å². The van der Waals surface area contributed by atoms with Crippen LogP contribution in [0.5, 0.6) is 0 Å². The predicted molar refractivity (Wildman–Crippen MR) is 119 cm³/mol. The molecule has 1 aromatic carbocycles. The second-order valence-electron chi connectivity index (χ2n) is 7.05. The maximum atomic E-state index is 13.2. The van der Waals surface area contributed by atoms with Gasteiger partial charge in [0.1, 0.15) is 10.5 Å². The van der Waals surface area contributed by atoms with E-state index in [1.807, 2.05) is 42.7 Å². The fourth-order valence-corrected chi connectivity index (χ4v) is 5.43. The first-order chi connectivity index (χ1) is 14.0. The number of fused-ring (bicyclic) bond motifs is 4. The summed E-state index contributed by atoms with van der Waals surface area (Å²) in [4.78, 5) is 24.5. The molecule has 0 fully saturated rings. The molecule has 5 rings (SSSR count). The minimum atomic E-state index is -0.135. The lowest BCUT2D eigenvalue weighted by atomic mass is 10.2. The summed E-state index contributed by atoms with van der Waals surface area (Å²) in [5.41, 5.74) is 8.86. The van der Waals surface area contributed by atoms with Gasteiger partial charge < -0.3 is 15.2 Å². The molecule has 0 amide bonds. The highest BCUT2D eigenvalue weighted by atomic mass is 32.1. The third-order valence-corrected chi connectivity index (χ3v) is 7.23. The van der Waals surface area contributed by atoms with E-state index in [2.05, 4.69) is 16.1 Å². The Hall–Kier alpha value is -2.82. The quantitative estimate of drug-likeness (QED) is 0.475. The molecule has 0 saturated heterocycles. The van der Waals surface area contributed by atoms with Crippen LogP contribution in [0.1, 0.15) is 10.6 Å². The number of aryl methyl sites for hydroxylation is 1. The van der Waals surface area contributed by atoms with E-state index in [0.717, 1.165) is 41.7 Å². The Morgan fingerprint density at radius 3 is 2.79 bits per heavy atom. The number of anilines is 1. The van der Waals surface area contributed by atoms with Gasteiger partial charge >= 0.3 is 0 Å². The maximum Gasteiger partial charge on any atom is 0.291 e. The standard InChI is InChI=1S/C19H19N7OS2/c1-24(2)19-23-14-10(5-4-6-12(14)28-19)9-26-18(27)15-11(8-21-26)16-17(25(15)3)22-13(7-20)29-16/h4-6,8H,7,9,20H2,1-3H3. The van der Waals surface area contributed by atoms with Crippen molar-refractivity contribution in [1.82, 2.24) is 24.3 Å². The Bertz CT molecular complexity index is 1440. The van der Waals surface area contributed by atoms with Crippen molar-refractivity contribution in [2.45, 2.75) is 13.1 Å². The number of rotatable bonds is 4. The van der Waals surface area contributed by atoms with E-state index >= 15 is 0 Å². The lowest BCUT2D eigenvalue weighted by molar-refractivity contribution is 0.646. The SMILES string of the molecule is CN(C)c1nc2c(Cn3ncc4c5sc(CN)nc5n(C)c4c3=O)cccc2s1. The minimum Gasteiger partial charge on any atom is -0.354 e. The van der Waals surface area contributed by atoms with Gasteiger partial charge in [-0.1, -0.05) is 23.5 Å². The zero-order valence-corrected chi connectivity index (χ0v) is 17.8. The van der Waals surface area contributed by atoms with Gasteiger partial charge in [0.05, 0.1) is 27.7 Å². The summed E-state index contributed by atoms with van der Waals surface area (Å²) in [7, 11) is 5.81. The number of hydrogen-bond donors (Lipinski definition) is 1. The summed E-state index contributed by atoms with van der Waals surface area (Å²) < 4.78 is 5.39. The van der Waals surface area contributed by atoms with Crippen molar-refractivity contribution < 1.29 is 0 Å². The summed E-state index contributed by atoms with van der Waals surface area (Å²) in [6, 6.07) is 6.04. The van der Waals surface area contributed by atoms with E-state index in [9.17, 15) is 4.79 Å². The molecule has 0 aliphatic carbocycles. The van der Waals surface area contributed by atoms with Gasteiger partial charge in [0, 0.05) is 38.6 Å². The molecule has 4 aromatic heterocycles. The van der Waals surface area contributed by atoms with E-state index in [-0.39, 0.29) is 5.56 Å². The van der Waals surface area contributed by atoms with Gasteiger partial charge in [0.2, 0.25) is 0 Å². The first kappa shape index (κ1) is 18.2. The molecule has 148 valence electrons. The lowest BCUT2D eigenvalue weighted by Gasteiger charge is -2.07. The number of aromatic nitrogens is 5. The molecule has 10 heteroatoms. The molecule has 2 N–H and O–H groups in total. The zero-order valence-electron chi connectivity index (χ0n) is 16.2. The fraction of sp³-hybridized carbons (Fsp3) is 0.263. The molecule has 0 unspecified atom stereocenters. The van der Waals surface area contributed by atoms with Crippen LogP contribution in [0.25, 0.3) is 31.5 Å². The highest BCUT2D eigenvalue weighted by Gasteiger charge is 2.18. The zero-order chi connectivity index (χ0) is 20.3. The molecule has 0 saturated carbocycles. The Labute approximate surface area is 173 Å². The topological polar surface area (TPSA) is 94.9 Å². The largest absolute Gasteiger partial charge is 0.354 e. The maximum absolute atomic E-state index is 13.2. The molecule has 4 heterocycles. The summed E-state index contributed by atoms with van der Waals surface area (Å²) in [6.45, 7) is 0.751. The third kappa shape index (κ3) is 2.75. The average molecular weight is 426 g/mol. The second kappa shape index (κ2) is 6.61. The molecular weight excluding hydrogens is 406 g/mol. The Morgan fingerprint density at radius 1 is 1.21 bits per heavy atom. The number of para-hydroxylation sites is 1. The molecule has 0 aliphatic rings. The Kier molecular flexibility index (Phi) is 4.16. The van der Waals surface area contributed by atoms with Crippen molar-refractivity contribution in [3.8, 4) is 0 Å². The monoisotopic (exact) mass is 425 g/mol. The van der Waals surface area contributed by atoms with E-state index < -0.39 is 0 Å². The van der Waals surface area contributed by atoms with Crippen LogP contribution in [0, 0.1) is 0 Å². The summed E-state index contributed by atoms with van der Waals surface area (Å²) in [5.74, 6) is 0. The van der Waals surface area contributed by atoms with Crippen molar-refractivity contribution in [2.24, 2.45) is 12.8 Å². The molecule has 0 atom stereocenters. The normalized spacial score (nSPS) is 11.9. The molecular formula is C19H19N7OS2. The Morgan fingerprint density at radius 2 is 2.03 bits per heavy atom. The first-order valence-electron chi connectivity index (χ1n) is 9.07.